The second kappa shape index (κ2) is 9.53. The van der Waals surface area contributed by atoms with Crippen LogP contribution in [-0.4, -0.2) is 18.5 Å². The number of nitriles is 1. The van der Waals surface area contributed by atoms with Crippen LogP contribution in [0.1, 0.15) is 15.9 Å². The number of rotatable bonds is 6. The summed E-state index contributed by atoms with van der Waals surface area (Å²) in [6, 6.07) is 21.6. The molecule has 0 unspecified atom stereocenters. The second-order valence-corrected chi connectivity index (χ2v) is 6.89. The molecule has 7 heteroatoms. The molecule has 0 radical (unpaired) electrons. The van der Waals surface area contributed by atoms with E-state index in [1.165, 1.54) is 30.0 Å². The van der Waals surface area contributed by atoms with E-state index in [2.05, 4.69) is 11.4 Å². The zero-order valence-electron chi connectivity index (χ0n) is 15.1. The first-order valence-corrected chi connectivity index (χ1v) is 9.37. The van der Waals surface area contributed by atoms with Crippen LogP contribution in [0, 0.1) is 17.1 Å². The van der Waals surface area contributed by atoms with Gasteiger partial charge in [0.1, 0.15) is 11.9 Å². The Hall–Kier alpha value is -3.63. The number of carbonyl (C=O) groups is 2. The Morgan fingerprint density at radius 3 is 2.38 bits per heavy atom. The van der Waals surface area contributed by atoms with E-state index in [-0.39, 0.29) is 11.3 Å². The Morgan fingerprint density at radius 1 is 0.966 bits per heavy atom. The molecule has 0 aliphatic carbocycles. The molecule has 1 N–H and O–H groups in total. The van der Waals surface area contributed by atoms with Crippen LogP contribution in [0.15, 0.2) is 82.6 Å². The molecule has 5 nitrogen and oxygen atoms in total. The minimum atomic E-state index is -0.689. The third kappa shape index (κ3) is 5.21. The summed E-state index contributed by atoms with van der Waals surface area (Å²) in [6.45, 7) is -0.555. The molecule has 0 fully saturated rings. The van der Waals surface area contributed by atoms with Gasteiger partial charge in [-0.05, 0) is 36.4 Å². The number of anilines is 1. The van der Waals surface area contributed by atoms with Crippen LogP contribution in [0.4, 0.5) is 10.1 Å². The van der Waals surface area contributed by atoms with Gasteiger partial charge in [-0.2, -0.15) is 5.26 Å². The number of halogens is 1. The topological polar surface area (TPSA) is 79.2 Å². The van der Waals surface area contributed by atoms with E-state index in [0.29, 0.717) is 15.4 Å². The zero-order valence-corrected chi connectivity index (χ0v) is 15.9. The van der Waals surface area contributed by atoms with E-state index >= 15 is 0 Å². The normalized spacial score (nSPS) is 10.1. The molecule has 0 atom stereocenters. The molecule has 3 aromatic rings. The largest absolute Gasteiger partial charge is 0.452 e. The summed E-state index contributed by atoms with van der Waals surface area (Å²) in [4.78, 5) is 25.7. The molecular weight excluding hydrogens is 391 g/mol. The zero-order chi connectivity index (χ0) is 20.6. The third-order valence-corrected chi connectivity index (χ3v) is 4.97. The molecule has 0 spiro atoms. The number of para-hydroxylation sites is 1. The lowest BCUT2D eigenvalue weighted by Gasteiger charge is -2.10. The van der Waals surface area contributed by atoms with E-state index < -0.39 is 24.3 Å². The Bertz CT molecular complexity index is 1100. The van der Waals surface area contributed by atoms with Crippen LogP contribution in [0.5, 0.6) is 0 Å². The van der Waals surface area contributed by atoms with Gasteiger partial charge in [-0.3, -0.25) is 4.79 Å². The highest BCUT2D eigenvalue weighted by Gasteiger charge is 2.16. The molecule has 0 aliphatic heterocycles. The quantitative estimate of drug-likeness (QED) is 0.603. The van der Waals surface area contributed by atoms with Crippen molar-refractivity contribution in [1.82, 2.24) is 0 Å². The lowest BCUT2D eigenvalue weighted by Crippen LogP contribution is -2.21. The molecule has 29 heavy (non-hydrogen) atoms. The maximum atomic E-state index is 13.6. The van der Waals surface area contributed by atoms with Crippen molar-refractivity contribution in [1.29, 1.82) is 5.26 Å². The van der Waals surface area contributed by atoms with Crippen molar-refractivity contribution in [2.75, 3.05) is 11.9 Å². The van der Waals surface area contributed by atoms with Gasteiger partial charge < -0.3 is 10.1 Å². The van der Waals surface area contributed by atoms with E-state index in [1.54, 1.807) is 54.6 Å². The van der Waals surface area contributed by atoms with Gasteiger partial charge in [-0.1, -0.05) is 48.2 Å². The van der Waals surface area contributed by atoms with Crippen LogP contribution >= 0.6 is 11.8 Å². The SMILES string of the molecule is N#Cc1ccccc1Sc1ccccc1C(=O)OCC(=O)Nc1ccccc1F. The van der Waals surface area contributed by atoms with Crippen molar-refractivity contribution in [3.05, 3.63) is 89.7 Å². The van der Waals surface area contributed by atoms with Gasteiger partial charge in [0.2, 0.25) is 0 Å². The predicted molar refractivity (Wildman–Crippen MR) is 107 cm³/mol. The van der Waals surface area contributed by atoms with Crippen LogP contribution < -0.4 is 5.32 Å². The monoisotopic (exact) mass is 406 g/mol. The molecule has 3 aromatic carbocycles. The number of benzene rings is 3. The number of nitrogens with zero attached hydrogens (tertiary/aromatic N) is 1. The number of hydrogen-bond donors (Lipinski definition) is 1. The Kier molecular flexibility index (Phi) is 6.61. The molecule has 0 aliphatic rings. The average molecular weight is 406 g/mol. The number of hydrogen-bond acceptors (Lipinski definition) is 5. The van der Waals surface area contributed by atoms with Crippen LogP contribution in [0.25, 0.3) is 0 Å². The average Bonchev–Trinajstić information content (AvgIpc) is 2.74. The summed E-state index contributed by atoms with van der Waals surface area (Å²) in [7, 11) is 0. The number of ether oxygens (including phenoxy) is 1. The smallest absolute Gasteiger partial charge is 0.339 e. The highest BCUT2D eigenvalue weighted by molar-refractivity contribution is 7.99. The first-order valence-electron chi connectivity index (χ1n) is 8.56. The van der Waals surface area contributed by atoms with Crippen LogP contribution in [-0.2, 0) is 9.53 Å². The maximum Gasteiger partial charge on any atom is 0.339 e. The van der Waals surface area contributed by atoms with Crippen molar-refractivity contribution in [2.45, 2.75) is 9.79 Å². The summed E-state index contributed by atoms with van der Waals surface area (Å²) in [5.74, 6) is -1.92. The molecular formula is C22H15FN2O3S. The number of carbonyl (C=O) groups excluding carboxylic acids is 2. The highest BCUT2D eigenvalue weighted by atomic mass is 32.2. The minimum absolute atomic E-state index is 0.0117. The predicted octanol–water partition coefficient (Wildman–Crippen LogP) is 4.64. The Labute approximate surface area is 171 Å². The van der Waals surface area contributed by atoms with Gasteiger partial charge in [0, 0.05) is 9.79 Å². The summed E-state index contributed by atoms with van der Waals surface area (Å²) in [5, 5.41) is 11.6. The lowest BCUT2D eigenvalue weighted by atomic mass is 10.2. The Morgan fingerprint density at radius 2 is 1.62 bits per heavy atom. The second-order valence-electron chi connectivity index (χ2n) is 5.81. The van der Waals surface area contributed by atoms with E-state index in [0.717, 1.165) is 0 Å². The molecule has 0 heterocycles. The van der Waals surface area contributed by atoms with Crippen LogP contribution in [0.3, 0.4) is 0 Å². The molecule has 3 rings (SSSR count). The van der Waals surface area contributed by atoms with E-state index in [4.69, 9.17) is 4.74 Å². The molecule has 0 saturated heterocycles. The van der Waals surface area contributed by atoms with Gasteiger partial charge in [-0.25, -0.2) is 9.18 Å². The summed E-state index contributed by atoms with van der Waals surface area (Å²) in [5.41, 5.74) is 0.770. The first-order chi connectivity index (χ1) is 14.1. The lowest BCUT2D eigenvalue weighted by molar-refractivity contribution is -0.119. The number of esters is 1. The van der Waals surface area contributed by atoms with Crippen LogP contribution in [0.2, 0.25) is 0 Å². The van der Waals surface area contributed by atoms with Gasteiger partial charge in [0.05, 0.1) is 16.8 Å². The van der Waals surface area contributed by atoms with Gasteiger partial charge in [0.15, 0.2) is 6.61 Å². The fourth-order valence-electron chi connectivity index (χ4n) is 2.45. The number of amides is 1. The third-order valence-electron chi connectivity index (χ3n) is 3.82. The molecule has 144 valence electrons. The maximum absolute atomic E-state index is 13.6. The van der Waals surface area contributed by atoms with Crippen molar-refractivity contribution in [3.63, 3.8) is 0 Å². The van der Waals surface area contributed by atoms with Gasteiger partial charge in [-0.15, -0.1) is 0 Å². The Balaban J connectivity index is 1.68. The van der Waals surface area contributed by atoms with Crippen molar-refractivity contribution >= 4 is 29.3 Å². The first kappa shape index (κ1) is 20.1. The fourth-order valence-corrected chi connectivity index (χ4v) is 3.46. The number of nitrogens with one attached hydrogen (secondary N) is 1. The van der Waals surface area contributed by atoms with E-state index in [1.807, 2.05) is 0 Å². The molecule has 1 amide bonds. The summed E-state index contributed by atoms with van der Waals surface area (Å²) < 4.78 is 18.7. The summed E-state index contributed by atoms with van der Waals surface area (Å²) >= 11 is 1.26. The summed E-state index contributed by atoms with van der Waals surface area (Å²) in [6.07, 6.45) is 0. The molecule has 0 aromatic heterocycles. The van der Waals surface area contributed by atoms with Crippen molar-refractivity contribution < 1.29 is 18.7 Å². The molecule has 0 bridgehead atoms. The van der Waals surface area contributed by atoms with Crippen molar-refractivity contribution in [2.24, 2.45) is 0 Å². The standard InChI is InChI=1S/C22H15FN2O3S/c23-17-9-3-4-10-18(17)25-21(26)14-28-22(27)16-8-2-6-12-20(16)29-19-11-5-1-7-15(19)13-24/h1-12H,14H2,(H,25,26). The van der Waals surface area contributed by atoms with Crippen molar-refractivity contribution in [3.8, 4) is 6.07 Å². The van der Waals surface area contributed by atoms with E-state index in [9.17, 15) is 19.2 Å². The molecule has 0 saturated carbocycles. The van der Waals surface area contributed by atoms with Gasteiger partial charge >= 0.3 is 5.97 Å². The van der Waals surface area contributed by atoms with Gasteiger partial charge in [0.25, 0.3) is 5.91 Å². The highest BCUT2D eigenvalue weighted by Crippen LogP contribution is 2.32. The minimum Gasteiger partial charge on any atom is -0.452 e. The fraction of sp³-hybridized carbons (Fsp3) is 0.0455.